The van der Waals surface area contributed by atoms with Crippen LogP contribution in [0.2, 0.25) is 0 Å². The summed E-state index contributed by atoms with van der Waals surface area (Å²) in [5.74, 6) is 4.16. The van der Waals surface area contributed by atoms with Crippen molar-refractivity contribution in [2.24, 2.45) is 29.6 Å². The fourth-order valence-corrected chi connectivity index (χ4v) is 5.12. The molecule has 5 atom stereocenters. The van der Waals surface area contributed by atoms with E-state index >= 15 is 0 Å². The summed E-state index contributed by atoms with van der Waals surface area (Å²) in [5, 5.41) is 6.74. The Morgan fingerprint density at radius 2 is 1.83 bits per heavy atom. The molecule has 3 aliphatic carbocycles. The molecule has 0 aromatic carbocycles. The van der Waals surface area contributed by atoms with Crippen molar-refractivity contribution in [3.05, 3.63) is 0 Å². The topological polar surface area (TPSA) is 41.1 Å². The summed E-state index contributed by atoms with van der Waals surface area (Å²) in [5.41, 5.74) is 0. The van der Waals surface area contributed by atoms with E-state index in [9.17, 15) is 4.79 Å². The van der Waals surface area contributed by atoms with Crippen LogP contribution in [0.1, 0.15) is 38.5 Å². The monoisotopic (exact) mass is 248 g/mol. The minimum absolute atomic E-state index is 0.385. The van der Waals surface area contributed by atoms with E-state index in [1.807, 2.05) is 0 Å². The first-order valence-corrected chi connectivity index (χ1v) is 7.85. The van der Waals surface area contributed by atoms with Crippen LogP contribution in [0.25, 0.3) is 0 Å². The highest BCUT2D eigenvalue weighted by atomic mass is 16.2. The lowest BCUT2D eigenvalue weighted by molar-refractivity contribution is -0.124. The van der Waals surface area contributed by atoms with Gasteiger partial charge in [-0.05, 0) is 62.3 Å². The molecule has 1 aliphatic heterocycles. The first kappa shape index (κ1) is 11.3. The molecular weight excluding hydrogens is 224 g/mol. The van der Waals surface area contributed by atoms with Gasteiger partial charge >= 0.3 is 0 Å². The number of amides is 1. The molecule has 0 radical (unpaired) electrons. The molecule has 4 rings (SSSR count). The Morgan fingerprint density at radius 3 is 2.61 bits per heavy atom. The van der Waals surface area contributed by atoms with Crippen molar-refractivity contribution in [1.29, 1.82) is 0 Å². The van der Waals surface area contributed by atoms with E-state index in [4.69, 9.17) is 0 Å². The Morgan fingerprint density at radius 1 is 1.06 bits per heavy atom. The minimum atomic E-state index is 0.385. The van der Waals surface area contributed by atoms with Crippen molar-refractivity contribution in [3.8, 4) is 0 Å². The fourth-order valence-electron chi connectivity index (χ4n) is 5.12. The van der Waals surface area contributed by atoms with Crippen molar-refractivity contribution in [3.63, 3.8) is 0 Å². The van der Waals surface area contributed by atoms with Crippen LogP contribution in [0.4, 0.5) is 0 Å². The Labute approximate surface area is 109 Å². The van der Waals surface area contributed by atoms with Gasteiger partial charge in [-0.15, -0.1) is 0 Å². The van der Waals surface area contributed by atoms with Gasteiger partial charge in [0.2, 0.25) is 5.91 Å². The second-order valence-corrected chi connectivity index (χ2v) is 6.92. The molecular formula is C15H24N2O. The molecule has 3 nitrogen and oxygen atoms in total. The van der Waals surface area contributed by atoms with Gasteiger partial charge in [-0.3, -0.25) is 4.79 Å². The number of nitrogens with one attached hydrogen (secondary N) is 2. The van der Waals surface area contributed by atoms with E-state index in [-0.39, 0.29) is 0 Å². The van der Waals surface area contributed by atoms with E-state index in [2.05, 4.69) is 10.6 Å². The maximum Gasteiger partial charge on any atom is 0.223 e. The van der Waals surface area contributed by atoms with Crippen LogP contribution >= 0.6 is 0 Å². The highest BCUT2D eigenvalue weighted by molar-refractivity contribution is 5.83. The zero-order chi connectivity index (χ0) is 12.1. The van der Waals surface area contributed by atoms with Crippen molar-refractivity contribution in [2.45, 2.75) is 44.6 Å². The third-order valence-electron chi connectivity index (χ3n) is 5.93. The van der Waals surface area contributed by atoms with Crippen LogP contribution in [-0.4, -0.2) is 25.0 Å². The van der Waals surface area contributed by atoms with E-state index in [1.54, 1.807) is 0 Å². The van der Waals surface area contributed by atoms with Crippen LogP contribution in [-0.2, 0) is 4.79 Å². The van der Waals surface area contributed by atoms with Crippen LogP contribution < -0.4 is 10.6 Å². The highest BCUT2D eigenvalue weighted by Gasteiger charge is 2.67. The summed E-state index contributed by atoms with van der Waals surface area (Å²) in [6.07, 6.45) is 7.91. The predicted octanol–water partition coefficient (Wildman–Crippen LogP) is 1.54. The molecule has 1 heterocycles. The second-order valence-electron chi connectivity index (χ2n) is 6.92. The average molecular weight is 248 g/mol. The van der Waals surface area contributed by atoms with E-state index < -0.39 is 0 Å². The first-order chi connectivity index (χ1) is 8.84. The van der Waals surface area contributed by atoms with Crippen LogP contribution in [0.3, 0.4) is 0 Å². The number of hydrogen-bond donors (Lipinski definition) is 2. The van der Waals surface area contributed by atoms with Gasteiger partial charge in [0.1, 0.15) is 0 Å². The molecule has 0 aromatic heterocycles. The lowest BCUT2D eigenvalue weighted by atomic mass is 10.0. The van der Waals surface area contributed by atoms with Gasteiger partial charge in [-0.25, -0.2) is 0 Å². The van der Waals surface area contributed by atoms with Gasteiger partial charge in [-0.1, -0.05) is 6.42 Å². The quantitative estimate of drug-likeness (QED) is 0.778. The van der Waals surface area contributed by atoms with Gasteiger partial charge < -0.3 is 10.6 Å². The molecule has 3 heteroatoms. The molecule has 1 amide bonds. The standard InChI is InChI=1S/C15H24N2O/c18-15(17-11-3-1-2-6-16-8-11)14-12-9-4-5-10(7-9)13(12)14/h9-14,16H,1-8H2,(H,17,18). The number of rotatable bonds is 2. The van der Waals surface area contributed by atoms with Gasteiger partial charge in [0, 0.05) is 18.5 Å². The SMILES string of the molecule is O=C(NC1CCCCNC1)C1C2C3CCC(C3)C12. The molecule has 18 heavy (non-hydrogen) atoms. The maximum atomic E-state index is 12.4. The summed E-state index contributed by atoms with van der Waals surface area (Å²) in [6.45, 7) is 2.09. The lowest BCUT2D eigenvalue weighted by Crippen LogP contribution is -2.42. The third-order valence-corrected chi connectivity index (χ3v) is 5.93. The number of carbonyl (C=O) groups excluding carboxylic acids is 1. The molecule has 100 valence electrons. The predicted molar refractivity (Wildman–Crippen MR) is 70.0 cm³/mol. The molecule has 5 unspecified atom stereocenters. The Kier molecular flexibility index (Phi) is 2.65. The minimum Gasteiger partial charge on any atom is -0.352 e. The molecule has 2 bridgehead atoms. The van der Waals surface area contributed by atoms with E-state index in [0.29, 0.717) is 17.9 Å². The van der Waals surface area contributed by atoms with Crippen molar-refractivity contribution >= 4 is 5.91 Å². The number of hydrogen-bond acceptors (Lipinski definition) is 2. The van der Waals surface area contributed by atoms with Gasteiger partial charge in [0.25, 0.3) is 0 Å². The average Bonchev–Trinajstić information content (AvgIpc) is 2.95. The smallest absolute Gasteiger partial charge is 0.223 e. The highest BCUT2D eigenvalue weighted by Crippen LogP contribution is 2.69. The molecule has 0 aromatic rings. The summed E-state index contributed by atoms with van der Waals surface area (Å²) in [6, 6.07) is 0.388. The largest absolute Gasteiger partial charge is 0.352 e. The Hall–Kier alpha value is -0.570. The fraction of sp³-hybridized carbons (Fsp3) is 0.933. The van der Waals surface area contributed by atoms with Crippen LogP contribution in [0.15, 0.2) is 0 Å². The summed E-state index contributed by atoms with van der Waals surface area (Å²) >= 11 is 0. The maximum absolute atomic E-state index is 12.4. The number of carbonyl (C=O) groups is 1. The third kappa shape index (κ3) is 1.70. The summed E-state index contributed by atoms with van der Waals surface area (Å²) in [7, 11) is 0. The molecule has 1 saturated heterocycles. The van der Waals surface area contributed by atoms with Crippen LogP contribution in [0.5, 0.6) is 0 Å². The molecule has 2 N–H and O–H groups in total. The zero-order valence-electron chi connectivity index (χ0n) is 11.0. The van der Waals surface area contributed by atoms with Gasteiger partial charge in [0.05, 0.1) is 0 Å². The lowest BCUT2D eigenvalue weighted by Gasteiger charge is -2.17. The molecule has 0 spiro atoms. The number of fused-ring (bicyclic) bond motifs is 5. The van der Waals surface area contributed by atoms with Crippen LogP contribution in [0, 0.1) is 29.6 Å². The summed E-state index contributed by atoms with van der Waals surface area (Å²) < 4.78 is 0. The Balaban J connectivity index is 1.35. The van der Waals surface area contributed by atoms with E-state index in [1.165, 1.54) is 32.1 Å². The second kappa shape index (κ2) is 4.22. The van der Waals surface area contributed by atoms with Gasteiger partial charge in [-0.2, -0.15) is 0 Å². The van der Waals surface area contributed by atoms with Crippen molar-refractivity contribution in [2.75, 3.05) is 13.1 Å². The first-order valence-electron chi connectivity index (χ1n) is 7.85. The van der Waals surface area contributed by atoms with Crippen molar-refractivity contribution < 1.29 is 4.79 Å². The van der Waals surface area contributed by atoms with E-state index in [0.717, 1.165) is 43.2 Å². The van der Waals surface area contributed by atoms with Gasteiger partial charge in [0.15, 0.2) is 0 Å². The molecule has 4 fully saturated rings. The zero-order valence-corrected chi connectivity index (χ0v) is 11.0. The normalized spacial score (nSPS) is 49.6. The van der Waals surface area contributed by atoms with Crippen molar-refractivity contribution in [1.82, 2.24) is 10.6 Å². The molecule has 3 saturated carbocycles. The Bertz CT molecular complexity index is 332. The summed E-state index contributed by atoms with van der Waals surface area (Å²) in [4.78, 5) is 12.4. The molecule has 4 aliphatic rings.